The van der Waals surface area contributed by atoms with Gasteiger partial charge < -0.3 is 10.1 Å². The Kier molecular flexibility index (Phi) is 6.35. The van der Waals surface area contributed by atoms with E-state index in [1.54, 1.807) is 7.11 Å². The van der Waals surface area contributed by atoms with Crippen LogP contribution < -0.4 is 10.1 Å². The second-order valence-electron chi connectivity index (χ2n) is 6.04. The van der Waals surface area contributed by atoms with E-state index in [0.29, 0.717) is 0 Å². The fourth-order valence-corrected chi connectivity index (χ4v) is 2.68. The van der Waals surface area contributed by atoms with Gasteiger partial charge >= 0.3 is 0 Å². The minimum absolute atomic E-state index is 0.0320. The van der Waals surface area contributed by atoms with Crippen molar-refractivity contribution in [3.05, 3.63) is 29.8 Å². The number of methoxy groups -OCH3 is 1. The highest BCUT2D eigenvalue weighted by molar-refractivity contribution is 6.02. The van der Waals surface area contributed by atoms with Gasteiger partial charge in [-0.1, -0.05) is 12.1 Å². The summed E-state index contributed by atoms with van der Waals surface area (Å²) in [5.74, 6) is 0.330. The van der Waals surface area contributed by atoms with E-state index in [-0.39, 0.29) is 49.6 Å². The third kappa shape index (κ3) is 5.08. The van der Waals surface area contributed by atoms with E-state index in [1.807, 2.05) is 31.2 Å². The molecule has 3 amide bonds. The highest BCUT2D eigenvalue weighted by Crippen LogP contribution is 2.14. The average Bonchev–Trinajstić information content (AvgIpc) is 2.90. The number of benzene rings is 1. The maximum Gasteiger partial charge on any atom is 0.229 e. The molecule has 24 heavy (non-hydrogen) atoms. The number of carbonyl (C=O) groups is 3. The van der Waals surface area contributed by atoms with Crippen molar-refractivity contribution in [2.75, 3.05) is 13.7 Å². The summed E-state index contributed by atoms with van der Waals surface area (Å²) in [6.07, 6.45) is 2.36. The second kappa shape index (κ2) is 8.47. The van der Waals surface area contributed by atoms with E-state index < -0.39 is 0 Å². The van der Waals surface area contributed by atoms with Crippen LogP contribution in [0.4, 0.5) is 0 Å². The molecule has 1 N–H and O–H groups in total. The summed E-state index contributed by atoms with van der Waals surface area (Å²) in [4.78, 5) is 36.1. The zero-order chi connectivity index (χ0) is 17.5. The highest BCUT2D eigenvalue weighted by Gasteiger charge is 2.28. The van der Waals surface area contributed by atoms with E-state index in [9.17, 15) is 14.4 Å². The fraction of sp³-hybridized carbons (Fsp3) is 0.500. The van der Waals surface area contributed by atoms with Gasteiger partial charge in [0.2, 0.25) is 17.7 Å². The zero-order valence-corrected chi connectivity index (χ0v) is 14.2. The van der Waals surface area contributed by atoms with E-state index >= 15 is 0 Å². The molecule has 1 aliphatic heterocycles. The number of hydrogen-bond donors (Lipinski definition) is 1. The first kappa shape index (κ1) is 18.0. The lowest BCUT2D eigenvalue weighted by Gasteiger charge is -2.16. The Hall–Kier alpha value is -2.37. The van der Waals surface area contributed by atoms with Gasteiger partial charge in [0, 0.05) is 31.8 Å². The van der Waals surface area contributed by atoms with Gasteiger partial charge in [-0.05, 0) is 37.5 Å². The smallest absolute Gasteiger partial charge is 0.229 e. The molecule has 2 rings (SSSR count). The van der Waals surface area contributed by atoms with Gasteiger partial charge in [0.05, 0.1) is 7.11 Å². The predicted molar refractivity (Wildman–Crippen MR) is 89.5 cm³/mol. The monoisotopic (exact) mass is 332 g/mol. The summed E-state index contributed by atoms with van der Waals surface area (Å²) in [5, 5.41) is 2.91. The molecule has 1 aromatic carbocycles. The summed E-state index contributed by atoms with van der Waals surface area (Å²) in [5.41, 5.74) is 1.19. The van der Waals surface area contributed by atoms with E-state index in [0.717, 1.165) is 18.6 Å². The standard InChI is InChI=1S/C18H24N2O4/c1-13(3-4-14-5-7-15(24-2)8-6-14)19-16(21)11-12-20-17(22)9-10-18(20)23/h5-8,13H,3-4,9-12H2,1-2H3,(H,19,21). The van der Waals surface area contributed by atoms with E-state index in [4.69, 9.17) is 4.74 Å². The Balaban J connectivity index is 1.69. The van der Waals surface area contributed by atoms with Crippen molar-refractivity contribution in [1.29, 1.82) is 0 Å². The van der Waals surface area contributed by atoms with Crippen molar-refractivity contribution < 1.29 is 19.1 Å². The molecule has 1 heterocycles. The first-order valence-electron chi connectivity index (χ1n) is 8.25. The number of nitrogens with zero attached hydrogens (tertiary/aromatic N) is 1. The van der Waals surface area contributed by atoms with Crippen molar-refractivity contribution in [2.45, 2.75) is 45.1 Å². The average molecular weight is 332 g/mol. The molecule has 0 saturated carbocycles. The van der Waals surface area contributed by atoms with Crippen molar-refractivity contribution in [1.82, 2.24) is 10.2 Å². The van der Waals surface area contributed by atoms with Crippen molar-refractivity contribution in [3.63, 3.8) is 0 Å². The molecule has 6 heteroatoms. The van der Waals surface area contributed by atoms with Crippen LogP contribution in [0.1, 0.15) is 38.2 Å². The van der Waals surface area contributed by atoms with E-state index in [2.05, 4.69) is 5.32 Å². The van der Waals surface area contributed by atoms with Gasteiger partial charge in [0.1, 0.15) is 5.75 Å². The van der Waals surface area contributed by atoms with Crippen LogP contribution in [0.25, 0.3) is 0 Å². The topological polar surface area (TPSA) is 75.7 Å². The van der Waals surface area contributed by atoms with Crippen LogP contribution in [0.3, 0.4) is 0 Å². The lowest BCUT2D eigenvalue weighted by atomic mass is 10.1. The van der Waals surface area contributed by atoms with Crippen LogP contribution in [-0.2, 0) is 20.8 Å². The van der Waals surface area contributed by atoms with Crippen LogP contribution in [-0.4, -0.2) is 42.3 Å². The number of nitrogens with one attached hydrogen (secondary N) is 1. The minimum Gasteiger partial charge on any atom is -0.497 e. The van der Waals surface area contributed by atoms with Crippen molar-refractivity contribution in [2.24, 2.45) is 0 Å². The minimum atomic E-state index is -0.180. The number of aryl methyl sites for hydroxylation is 1. The summed E-state index contributed by atoms with van der Waals surface area (Å²) in [7, 11) is 1.63. The summed E-state index contributed by atoms with van der Waals surface area (Å²) >= 11 is 0. The number of likely N-dealkylation sites (tertiary alicyclic amines) is 1. The summed E-state index contributed by atoms with van der Waals surface area (Å²) in [6, 6.07) is 7.89. The Labute approximate surface area is 142 Å². The Morgan fingerprint density at radius 1 is 1.21 bits per heavy atom. The second-order valence-corrected chi connectivity index (χ2v) is 6.04. The molecular formula is C18H24N2O4. The molecule has 0 spiro atoms. The quantitative estimate of drug-likeness (QED) is 0.735. The van der Waals surface area contributed by atoms with Crippen LogP contribution in [0.15, 0.2) is 24.3 Å². The molecule has 0 radical (unpaired) electrons. The third-order valence-electron chi connectivity index (χ3n) is 4.15. The number of rotatable bonds is 8. The van der Waals surface area contributed by atoms with Crippen molar-refractivity contribution in [3.8, 4) is 5.75 Å². The largest absolute Gasteiger partial charge is 0.497 e. The number of ether oxygens (including phenoxy) is 1. The molecule has 0 bridgehead atoms. The molecular weight excluding hydrogens is 308 g/mol. The maximum atomic E-state index is 11.9. The Morgan fingerprint density at radius 2 is 1.83 bits per heavy atom. The van der Waals surface area contributed by atoms with Crippen LogP contribution in [0.5, 0.6) is 5.75 Å². The molecule has 6 nitrogen and oxygen atoms in total. The SMILES string of the molecule is COc1ccc(CCC(C)NC(=O)CCN2C(=O)CCC2=O)cc1. The zero-order valence-electron chi connectivity index (χ0n) is 14.2. The van der Waals surface area contributed by atoms with Gasteiger partial charge in [-0.25, -0.2) is 0 Å². The number of hydrogen-bond acceptors (Lipinski definition) is 4. The molecule has 130 valence electrons. The van der Waals surface area contributed by atoms with Gasteiger partial charge in [-0.15, -0.1) is 0 Å². The predicted octanol–water partition coefficient (Wildman–Crippen LogP) is 1.67. The summed E-state index contributed by atoms with van der Waals surface area (Å²) in [6.45, 7) is 2.13. The lowest BCUT2D eigenvalue weighted by molar-refractivity contribution is -0.138. The molecule has 1 fully saturated rings. The molecule has 1 unspecified atom stereocenters. The highest BCUT2D eigenvalue weighted by atomic mass is 16.5. The van der Waals surface area contributed by atoms with Crippen LogP contribution in [0, 0.1) is 0 Å². The van der Waals surface area contributed by atoms with Crippen LogP contribution >= 0.6 is 0 Å². The Bertz CT molecular complexity index is 582. The van der Waals surface area contributed by atoms with Gasteiger partial charge in [0.25, 0.3) is 0 Å². The first-order valence-corrected chi connectivity index (χ1v) is 8.25. The van der Waals surface area contributed by atoms with Gasteiger partial charge in [0.15, 0.2) is 0 Å². The van der Waals surface area contributed by atoms with E-state index in [1.165, 1.54) is 10.5 Å². The number of carbonyl (C=O) groups excluding carboxylic acids is 3. The van der Waals surface area contributed by atoms with Gasteiger partial charge in [-0.2, -0.15) is 0 Å². The van der Waals surface area contributed by atoms with Crippen LogP contribution in [0.2, 0.25) is 0 Å². The summed E-state index contributed by atoms with van der Waals surface area (Å²) < 4.78 is 5.12. The molecule has 0 aliphatic carbocycles. The molecule has 1 aromatic rings. The maximum absolute atomic E-state index is 11.9. The molecule has 0 aromatic heterocycles. The van der Waals surface area contributed by atoms with Crippen molar-refractivity contribution >= 4 is 17.7 Å². The molecule has 1 aliphatic rings. The first-order chi connectivity index (χ1) is 11.5. The third-order valence-corrected chi connectivity index (χ3v) is 4.15. The molecule has 1 saturated heterocycles. The number of amides is 3. The van der Waals surface area contributed by atoms with Gasteiger partial charge in [-0.3, -0.25) is 19.3 Å². The number of imide groups is 1. The normalized spacial score (nSPS) is 15.5. The Morgan fingerprint density at radius 3 is 2.42 bits per heavy atom. The lowest BCUT2D eigenvalue weighted by Crippen LogP contribution is -2.37. The fourth-order valence-electron chi connectivity index (χ4n) is 2.68. The molecule has 1 atom stereocenters.